The number of benzene rings is 2. The number of amides is 2. The van der Waals surface area contributed by atoms with Crippen LogP contribution in [0.15, 0.2) is 54.6 Å². The standard InChI is InChI=1S/C23H27FN2O2S/c1-2-3-4-8-14-25-21(27)20-16-29-23(18-12-9-13-19(24)15-18)26(20)22(28)17-10-6-5-7-11-17/h5-7,9-13,15,20,23H,2-4,8,14,16H2,1H3,(H,25,27). The summed E-state index contributed by atoms with van der Waals surface area (Å²) in [7, 11) is 0. The minimum Gasteiger partial charge on any atom is -0.354 e. The second-order valence-corrected chi connectivity index (χ2v) is 8.30. The smallest absolute Gasteiger partial charge is 0.255 e. The first-order chi connectivity index (χ1) is 14.1. The molecule has 0 aromatic heterocycles. The normalized spacial score (nSPS) is 18.6. The van der Waals surface area contributed by atoms with Crippen molar-refractivity contribution < 1.29 is 14.0 Å². The Bertz CT molecular complexity index is 831. The van der Waals surface area contributed by atoms with E-state index in [1.807, 2.05) is 6.07 Å². The number of thioether (sulfide) groups is 1. The number of hydrogen-bond acceptors (Lipinski definition) is 3. The van der Waals surface area contributed by atoms with E-state index in [1.165, 1.54) is 23.9 Å². The molecule has 0 radical (unpaired) electrons. The third-order valence-electron chi connectivity index (χ3n) is 5.02. The molecule has 1 aliphatic heterocycles. The minimum atomic E-state index is -0.577. The van der Waals surface area contributed by atoms with Crippen molar-refractivity contribution in [1.82, 2.24) is 10.2 Å². The first-order valence-electron chi connectivity index (χ1n) is 10.1. The summed E-state index contributed by atoms with van der Waals surface area (Å²) in [6.45, 7) is 2.76. The molecule has 0 saturated carbocycles. The molecule has 1 aliphatic rings. The molecule has 0 aliphatic carbocycles. The van der Waals surface area contributed by atoms with E-state index in [2.05, 4.69) is 12.2 Å². The molecule has 29 heavy (non-hydrogen) atoms. The number of carbonyl (C=O) groups excluding carboxylic acids is 2. The highest BCUT2D eigenvalue weighted by atomic mass is 32.2. The van der Waals surface area contributed by atoms with Crippen LogP contribution in [-0.4, -0.2) is 35.1 Å². The lowest BCUT2D eigenvalue weighted by Gasteiger charge is -2.29. The van der Waals surface area contributed by atoms with Gasteiger partial charge in [-0.1, -0.05) is 56.5 Å². The fourth-order valence-corrected chi connectivity index (χ4v) is 4.90. The van der Waals surface area contributed by atoms with Gasteiger partial charge in [-0.3, -0.25) is 9.59 Å². The second kappa shape index (κ2) is 10.4. The Labute approximate surface area is 175 Å². The summed E-state index contributed by atoms with van der Waals surface area (Å²) >= 11 is 1.50. The van der Waals surface area contributed by atoms with Gasteiger partial charge in [-0.15, -0.1) is 11.8 Å². The van der Waals surface area contributed by atoms with Gasteiger partial charge in [0.1, 0.15) is 17.2 Å². The molecule has 0 spiro atoms. The van der Waals surface area contributed by atoms with Crippen LogP contribution in [0.25, 0.3) is 0 Å². The van der Waals surface area contributed by atoms with Gasteiger partial charge in [0.05, 0.1) is 0 Å². The molecule has 2 unspecified atom stereocenters. The van der Waals surface area contributed by atoms with Crippen molar-refractivity contribution in [1.29, 1.82) is 0 Å². The molecule has 4 nitrogen and oxygen atoms in total. The van der Waals surface area contributed by atoms with Gasteiger partial charge in [-0.25, -0.2) is 4.39 Å². The summed E-state index contributed by atoms with van der Waals surface area (Å²) in [6.07, 6.45) is 4.30. The molecule has 0 bridgehead atoms. The fourth-order valence-electron chi connectivity index (χ4n) is 3.48. The van der Waals surface area contributed by atoms with Crippen molar-refractivity contribution in [2.24, 2.45) is 0 Å². The van der Waals surface area contributed by atoms with Crippen LogP contribution >= 0.6 is 11.8 Å². The Morgan fingerprint density at radius 2 is 1.90 bits per heavy atom. The van der Waals surface area contributed by atoms with Crippen molar-refractivity contribution in [2.75, 3.05) is 12.3 Å². The van der Waals surface area contributed by atoms with Gasteiger partial charge in [-0.2, -0.15) is 0 Å². The summed E-state index contributed by atoms with van der Waals surface area (Å²) in [5.41, 5.74) is 1.22. The average Bonchev–Trinajstić information content (AvgIpc) is 3.19. The van der Waals surface area contributed by atoms with E-state index >= 15 is 0 Å². The molecule has 2 aromatic rings. The monoisotopic (exact) mass is 414 g/mol. The molecule has 6 heteroatoms. The Morgan fingerprint density at radius 1 is 1.10 bits per heavy atom. The van der Waals surface area contributed by atoms with Gasteiger partial charge in [0.2, 0.25) is 5.91 Å². The zero-order chi connectivity index (χ0) is 20.6. The van der Waals surface area contributed by atoms with Gasteiger partial charge in [-0.05, 0) is 36.2 Å². The molecule has 1 saturated heterocycles. The third kappa shape index (κ3) is 5.38. The van der Waals surface area contributed by atoms with Gasteiger partial charge in [0.25, 0.3) is 5.91 Å². The highest BCUT2D eigenvalue weighted by Gasteiger charge is 2.42. The van der Waals surface area contributed by atoms with E-state index in [-0.39, 0.29) is 17.6 Å². The van der Waals surface area contributed by atoms with Crippen LogP contribution in [0.3, 0.4) is 0 Å². The van der Waals surface area contributed by atoms with Gasteiger partial charge in [0.15, 0.2) is 0 Å². The predicted molar refractivity (Wildman–Crippen MR) is 115 cm³/mol. The number of halogens is 1. The molecular weight excluding hydrogens is 387 g/mol. The third-order valence-corrected chi connectivity index (χ3v) is 6.34. The first kappa shape index (κ1) is 21.4. The van der Waals surface area contributed by atoms with Crippen LogP contribution in [0.2, 0.25) is 0 Å². The van der Waals surface area contributed by atoms with Crippen LogP contribution in [0, 0.1) is 5.82 Å². The number of rotatable bonds is 8. The number of carbonyl (C=O) groups is 2. The summed E-state index contributed by atoms with van der Waals surface area (Å²) in [4.78, 5) is 27.8. The van der Waals surface area contributed by atoms with E-state index in [9.17, 15) is 14.0 Å². The van der Waals surface area contributed by atoms with Crippen LogP contribution in [0.5, 0.6) is 0 Å². The molecule has 2 atom stereocenters. The Hall–Kier alpha value is -2.34. The van der Waals surface area contributed by atoms with E-state index in [4.69, 9.17) is 0 Å². The average molecular weight is 415 g/mol. The van der Waals surface area contributed by atoms with Crippen molar-refractivity contribution >= 4 is 23.6 Å². The van der Waals surface area contributed by atoms with E-state index in [0.29, 0.717) is 23.4 Å². The van der Waals surface area contributed by atoms with Gasteiger partial charge >= 0.3 is 0 Å². The van der Waals surface area contributed by atoms with E-state index in [1.54, 1.807) is 41.3 Å². The zero-order valence-electron chi connectivity index (χ0n) is 16.6. The Morgan fingerprint density at radius 3 is 2.62 bits per heavy atom. The second-order valence-electron chi connectivity index (χ2n) is 7.19. The van der Waals surface area contributed by atoms with Crippen molar-refractivity contribution in [3.05, 3.63) is 71.5 Å². The van der Waals surface area contributed by atoms with Crippen LogP contribution in [0.4, 0.5) is 4.39 Å². The minimum absolute atomic E-state index is 0.141. The largest absolute Gasteiger partial charge is 0.354 e. The number of nitrogens with one attached hydrogen (secondary N) is 1. The maximum Gasteiger partial charge on any atom is 0.255 e. The summed E-state index contributed by atoms with van der Waals surface area (Å²) in [5.74, 6) is -0.215. The highest BCUT2D eigenvalue weighted by molar-refractivity contribution is 7.99. The highest BCUT2D eigenvalue weighted by Crippen LogP contribution is 2.42. The molecular formula is C23H27FN2O2S. The summed E-state index contributed by atoms with van der Waals surface area (Å²) < 4.78 is 13.8. The molecule has 1 fully saturated rings. The summed E-state index contributed by atoms with van der Waals surface area (Å²) in [6, 6.07) is 14.6. The Kier molecular flexibility index (Phi) is 7.69. The SMILES string of the molecule is CCCCCCNC(=O)C1CSC(c2cccc(F)c2)N1C(=O)c1ccccc1. The van der Waals surface area contributed by atoms with E-state index in [0.717, 1.165) is 25.7 Å². The molecule has 1 heterocycles. The summed E-state index contributed by atoms with van der Waals surface area (Å²) in [5, 5.41) is 2.59. The Balaban J connectivity index is 1.80. The molecule has 1 N–H and O–H groups in total. The van der Waals surface area contributed by atoms with Gasteiger partial charge in [0, 0.05) is 17.9 Å². The van der Waals surface area contributed by atoms with Crippen molar-refractivity contribution in [3.63, 3.8) is 0 Å². The number of nitrogens with zero attached hydrogens (tertiary/aromatic N) is 1. The number of hydrogen-bond donors (Lipinski definition) is 1. The molecule has 154 valence electrons. The molecule has 2 amide bonds. The number of unbranched alkanes of at least 4 members (excludes halogenated alkanes) is 3. The lowest BCUT2D eigenvalue weighted by molar-refractivity contribution is -0.124. The molecule has 2 aromatic carbocycles. The maximum absolute atomic E-state index is 13.8. The lowest BCUT2D eigenvalue weighted by atomic mass is 10.1. The van der Waals surface area contributed by atoms with Crippen LogP contribution in [0.1, 0.15) is 53.9 Å². The topological polar surface area (TPSA) is 49.4 Å². The van der Waals surface area contributed by atoms with Crippen LogP contribution < -0.4 is 5.32 Å². The lowest BCUT2D eigenvalue weighted by Crippen LogP contribution is -2.48. The van der Waals surface area contributed by atoms with Crippen LogP contribution in [-0.2, 0) is 4.79 Å². The van der Waals surface area contributed by atoms with Gasteiger partial charge < -0.3 is 10.2 Å². The molecule has 3 rings (SSSR count). The maximum atomic E-state index is 13.8. The fraction of sp³-hybridized carbons (Fsp3) is 0.391. The van der Waals surface area contributed by atoms with Crippen molar-refractivity contribution in [2.45, 2.75) is 44.0 Å². The van der Waals surface area contributed by atoms with Crippen molar-refractivity contribution in [3.8, 4) is 0 Å². The quantitative estimate of drug-likeness (QED) is 0.633. The van der Waals surface area contributed by atoms with E-state index < -0.39 is 11.4 Å². The first-order valence-corrected chi connectivity index (χ1v) is 11.2. The predicted octanol–water partition coefficient (Wildman–Crippen LogP) is 4.78. The zero-order valence-corrected chi connectivity index (χ0v) is 17.5.